The van der Waals surface area contributed by atoms with E-state index in [1.807, 2.05) is 30.3 Å². The van der Waals surface area contributed by atoms with Gasteiger partial charge >= 0.3 is 0 Å². The van der Waals surface area contributed by atoms with E-state index in [2.05, 4.69) is 10.3 Å². The summed E-state index contributed by atoms with van der Waals surface area (Å²) in [5.74, 6) is 2.31. The largest absolute Gasteiger partial charge is 0.497 e. The van der Waals surface area contributed by atoms with E-state index in [9.17, 15) is 0 Å². The molecule has 2 aromatic rings. The number of fused-ring (bicyclic) bond motifs is 1. The van der Waals surface area contributed by atoms with Gasteiger partial charge in [0.25, 0.3) is 0 Å². The van der Waals surface area contributed by atoms with Crippen molar-refractivity contribution in [2.75, 3.05) is 25.6 Å². The second-order valence-corrected chi connectivity index (χ2v) is 5.56. The van der Waals surface area contributed by atoms with Crippen LogP contribution in [-0.2, 0) is 6.54 Å². The maximum absolute atomic E-state index is 6.21. The second-order valence-electron chi connectivity index (χ2n) is 5.16. The molecule has 0 saturated heterocycles. The monoisotopic (exact) mass is 347 g/mol. The van der Waals surface area contributed by atoms with Crippen LogP contribution in [0.5, 0.6) is 17.2 Å². The Balaban J connectivity index is 1.67. The number of aliphatic imine (C=N–C) groups is 1. The van der Waals surface area contributed by atoms with E-state index in [1.54, 1.807) is 13.2 Å². The number of nitrogens with one attached hydrogen (secondary N) is 1. The Labute approximate surface area is 145 Å². The highest BCUT2D eigenvalue weighted by molar-refractivity contribution is 6.32. The van der Waals surface area contributed by atoms with Gasteiger partial charge in [-0.05, 0) is 42.0 Å². The highest BCUT2D eigenvalue weighted by Gasteiger charge is 2.16. The average Bonchev–Trinajstić information content (AvgIpc) is 2.61. The molecule has 6 nitrogen and oxygen atoms in total. The van der Waals surface area contributed by atoms with Crippen LogP contribution in [0.1, 0.15) is 5.56 Å². The summed E-state index contributed by atoms with van der Waals surface area (Å²) in [5, 5.41) is 3.54. The predicted octanol–water partition coefficient (Wildman–Crippen LogP) is 3.05. The molecule has 126 valence electrons. The molecule has 0 saturated carbocycles. The van der Waals surface area contributed by atoms with Crippen LogP contribution < -0.4 is 25.3 Å². The first-order valence-corrected chi connectivity index (χ1v) is 7.82. The molecule has 0 fully saturated rings. The van der Waals surface area contributed by atoms with Gasteiger partial charge in [0.1, 0.15) is 19.0 Å². The highest BCUT2D eigenvalue weighted by Crippen LogP contribution is 2.38. The van der Waals surface area contributed by atoms with Crippen LogP contribution in [0.3, 0.4) is 0 Å². The number of anilines is 1. The van der Waals surface area contributed by atoms with E-state index in [0.717, 1.165) is 17.0 Å². The Morgan fingerprint density at radius 3 is 2.75 bits per heavy atom. The first-order chi connectivity index (χ1) is 11.7. The molecular weight excluding hydrogens is 330 g/mol. The van der Waals surface area contributed by atoms with Crippen molar-refractivity contribution in [3.63, 3.8) is 0 Å². The summed E-state index contributed by atoms with van der Waals surface area (Å²) in [6, 6.07) is 11.1. The average molecular weight is 348 g/mol. The number of rotatable bonds is 4. The number of ether oxygens (including phenoxy) is 3. The third-order valence-corrected chi connectivity index (χ3v) is 3.73. The van der Waals surface area contributed by atoms with Gasteiger partial charge in [-0.2, -0.15) is 0 Å². The standard InChI is InChI=1S/C17H18ClN3O3/c1-22-13-4-2-12(3-5-13)21-17(19)20-10-11-8-14(18)16-15(9-11)23-6-7-24-16/h2-5,8-9H,6-7,10H2,1H3,(H3,19,20,21). The van der Waals surface area contributed by atoms with Gasteiger partial charge in [-0.25, -0.2) is 4.99 Å². The van der Waals surface area contributed by atoms with Crippen molar-refractivity contribution >= 4 is 23.2 Å². The highest BCUT2D eigenvalue weighted by atomic mass is 35.5. The van der Waals surface area contributed by atoms with Crippen molar-refractivity contribution in [1.82, 2.24) is 0 Å². The molecular formula is C17H18ClN3O3. The SMILES string of the molecule is COc1ccc(NC(N)=NCc2cc(Cl)c3c(c2)OCCO3)cc1. The van der Waals surface area contributed by atoms with Crippen LogP contribution in [0, 0.1) is 0 Å². The molecule has 24 heavy (non-hydrogen) atoms. The van der Waals surface area contributed by atoms with Crippen molar-refractivity contribution in [2.45, 2.75) is 6.54 Å². The van der Waals surface area contributed by atoms with Gasteiger partial charge < -0.3 is 25.3 Å². The van der Waals surface area contributed by atoms with Crippen LogP contribution >= 0.6 is 11.6 Å². The number of hydrogen-bond acceptors (Lipinski definition) is 4. The van der Waals surface area contributed by atoms with Crippen LogP contribution in [0.4, 0.5) is 5.69 Å². The fourth-order valence-electron chi connectivity index (χ4n) is 2.29. The molecule has 3 rings (SSSR count). The zero-order valence-corrected chi connectivity index (χ0v) is 14.0. The van der Waals surface area contributed by atoms with E-state index in [4.69, 9.17) is 31.5 Å². The van der Waals surface area contributed by atoms with E-state index in [1.165, 1.54) is 0 Å². The van der Waals surface area contributed by atoms with Gasteiger partial charge in [0.2, 0.25) is 0 Å². The lowest BCUT2D eigenvalue weighted by Gasteiger charge is -2.20. The fraction of sp³-hybridized carbons (Fsp3) is 0.235. The number of hydrogen-bond donors (Lipinski definition) is 2. The Hall–Kier alpha value is -2.60. The van der Waals surface area contributed by atoms with Crippen molar-refractivity contribution in [3.8, 4) is 17.2 Å². The molecule has 1 aliphatic heterocycles. The van der Waals surface area contributed by atoms with Gasteiger partial charge in [0.05, 0.1) is 18.7 Å². The quantitative estimate of drug-likeness (QED) is 0.656. The van der Waals surface area contributed by atoms with E-state index in [0.29, 0.717) is 42.2 Å². The summed E-state index contributed by atoms with van der Waals surface area (Å²) < 4.78 is 16.2. The van der Waals surface area contributed by atoms with Crippen molar-refractivity contribution < 1.29 is 14.2 Å². The van der Waals surface area contributed by atoms with Gasteiger partial charge in [-0.3, -0.25) is 0 Å². The number of halogens is 1. The van der Waals surface area contributed by atoms with E-state index in [-0.39, 0.29) is 0 Å². The summed E-state index contributed by atoms with van der Waals surface area (Å²) in [4.78, 5) is 4.32. The molecule has 0 radical (unpaired) electrons. The number of methoxy groups -OCH3 is 1. The molecule has 7 heteroatoms. The Morgan fingerprint density at radius 2 is 2.00 bits per heavy atom. The minimum atomic E-state index is 0.311. The molecule has 1 heterocycles. The zero-order chi connectivity index (χ0) is 16.9. The third kappa shape index (κ3) is 3.83. The van der Waals surface area contributed by atoms with Crippen molar-refractivity contribution in [1.29, 1.82) is 0 Å². The second kappa shape index (κ2) is 7.31. The Morgan fingerprint density at radius 1 is 1.25 bits per heavy atom. The molecule has 0 bridgehead atoms. The minimum absolute atomic E-state index is 0.311. The van der Waals surface area contributed by atoms with Gasteiger partial charge in [-0.15, -0.1) is 0 Å². The molecule has 2 aromatic carbocycles. The number of nitrogens with two attached hydrogens (primary N) is 1. The summed E-state index contributed by atoms with van der Waals surface area (Å²) in [6.07, 6.45) is 0. The van der Waals surface area contributed by atoms with Crippen molar-refractivity contribution in [3.05, 3.63) is 47.0 Å². The van der Waals surface area contributed by atoms with E-state index >= 15 is 0 Å². The molecule has 3 N–H and O–H groups in total. The van der Waals surface area contributed by atoms with Crippen molar-refractivity contribution in [2.24, 2.45) is 10.7 Å². The molecule has 0 atom stereocenters. The molecule has 0 aromatic heterocycles. The summed E-state index contributed by atoms with van der Waals surface area (Å²) in [5.41, 5.74) is 7.64. The zero-order valence-electron chi connectivity index (χ0n) is 13.2. The Kier molecular flexibility index (Phi) is 4.96. The summed E-state index contributed by atoms with van der Waals surface area (Å²) >= 11 is 6.21. The third-order valence-electron chi connectivity index (χ3n) is 3.45. The molecule has 0 aliphatic carbocycles. The van der Waals surface area contributed by atoms with E-state index < -0.39 is 0 Å². The molecule has 0 amide bonds. The smallest absolute Gasteiger partial charge is 0.193 e. The van der Waals surface area contributed by atoms with Gasteiger partial charge in [0, 0.05) is 5.69 Å². The maximum Gasteiger partial charge on any atom is 0.193 e. The maximum atomic E-state index is 6.21. The normalized spacial score (nSPS) is 13.5. The molecule has 0 spiro atoms. The summed E-state index contributed by atoms with van der Waals surface area (Å²) in [6.45, 7) is 1.39. The lowest BCUT2D eigenvalue weighted by molar-refractivity contribution is 0.171. The predicted molar refractivity (Wildman–Crippen MR) is 94.4 cm³/mol. The Bertz CT molecular complexity index is 747. The molecule has 0 unspecified atom stereocenters. The fourth-order valence-corrected chi connectivity index (χ4v) is 2.58. The van der Waals surface area contributed by atoms with Crippen LogP contribution in [0.15, 0.2) is 41.4 Å². The lowest BCUT2D eigenvalue weighted by atomic mass is 10.2. The first kappa shape index (κ1) is 16.3. The van der Waals surface area contributed by atoms with Gasteiger partial charge in [0.15, 0.2) is 17.5 Å². The van der Waals surface area contributed by atoms with Crippen LogP contribution in [-0.4, -0.2) is 26.3 Å². The number of nitrogens with zero attached hydrogens (tertiary/aromatic N) is 1. The number of benzene rings is 2. The summed E-state index contributed by atoms with van der Waals surface area (Å²) in [7, 11) is 1.62. The topological polar surface area (TPSA) is 78.1 Å². The molecule has 1 aliphatic rings. The number of guanidine groups is 1. The lowest BCUT2D eigenvalue weighted by Crippen LogP contribution is -2.22. The first-order valence-electron chi connectivity index (χ1n) is 7.45. The van der Waals surface area contributed by atoms with Crippen LogP contribution in [0.25, 0.3) is 0 Å². The van der Waals surface area contributed by atoms with Gasteiger partial charge in [-0.1, -0.05) is 11.6 Å². The minimum Gasteiger partial charge on any atom is -0.497 e. The van der Waals surface area contributed by atoms with Crippen LogP contribution in [0.2, 0.25) is 5.02 Å².